The number of amides is 1. The summed E-state index contributed by atoms with van der Waals surface area (Å²) in [7, 11) is 0. The molecule has 4 heteroatoms. The quantitative estimate of drug-likeness (QED) is 0.828. The van der Waals surface area contributed by atoms with Gasteiger partial charge in [-0.2, -0.15) is 0 Å². The van der Waals surface area contributed by atoms with E-state index in [9.17, 15) is 9.90 Å². The molecule has 1 N–H and O–H groups in total. The summed E-state index contributed by atoms with van der Waals surface area (Å²) in [4.78, 5) is 13.5. The summed E-state index contributed by atoms with van der Waals surface area (Å²) >= 11 is 0. The number of rotatable bonds is 3. The summed E-state index contributed by atoms with van der Waals surface area (Å²) in [6, 6.07) is 0. The maximum absolute atomic E-state index is 11.8. The second-order valence-corrected chi connectivity index (χ2v) is 5.83. The van der Waals surface area contributed by atoms with E-state index in [2.05, 4.69) is 6.92 Å². The van der Waals surface area contributed by atoms with Gasteiger partial charge in [0, 0.05) is 19.0 Å². The lowest BCUT2D eigenvalue weighted by molar-refractivity contribution is 0.0266. The van der Waals surface area contributed by atoms with Gasteiger partial charge in [-0.05, 0) is 33.6 Å². The molecule has 0 bridgehead atoms. The first-order chi connectivity index (χ1) is 7.83. The normalized spacial score (nSPS) is 22.6. The topological polar surface area (TPSA) is 49.8 Å². The fourth-order valence-corrected chi connectivity index (χ4v) is 2.13. The number of likely N-dealkylation sites (tertiary alicyclic amines) is 1. The van der Waals surface area contributed by atoms with Crippen LogP contribution in [0.15, 0.2) is 0 Å². The third-order valence-electron chi connectivity index (χ3n) is 3.00. The molecule has 0 spiro atoms. The molecule has 1 heterocycles. The van der Waals surface area contributed by atoms with E-state index in [1.54, 1.807) is 4.90 Å². The lowest BCUT2D eigenvalue weighted by Crippen LogP contribution is -2.36. The first kappa shape index (κ1) is 14.3. The molecule has 4 nitrogen and oxygen atoms in total. The molecule has 1 rings (SSSR count). The minimum Gasteiger partial charge on any atom is -0.444 e. The molecule has 0 unspecified atom stereocenters. The van der Waals surface area contributed by atoms with Crippen LogP contribution < -0.4 is 0 Å². The number of nitrogens with zero attached hydrogens (tertiary/aromatic N) is 1. The highest BCUT2D eigenvalue weighted by Crippen LogP contribution is 2.23. The van der Waals surface area contributed by atoms with Crippen molar-refractivity contribution < 1.29 is 14.6 Å². The molecule has 2 atom stereocenters. The highest BCUT2D eigenvalue weighted by molar-refractivity contribution is 5.68. The summed E-state index contributed by atoms with van der Waals surface area (Å²) in [5, 5.41) is 9.90. The van der Waals surface area contributed by atoms with Crippen molar-refractivity contribution in [3.63, 3.8) is 0 Å². The van der Waals surface area contributed by atoms with Crippen LogP contribution in [0.3, 0.4) is 0 Å². The lowest BCUT2D eigenvalue weighted by Gasteiger charge is -2.25. The largest absolute Gasteiger partial charge is 0.444 e. The molecular formula is C13H25NO3. The molecule has 1 aliphatic heterocycles. The Morgan fingerprint density at radius 2 is 2.18 bits per heavy atom. The molecule has 1 amide bonds. The minimum absolute atomic E-state index is 0.211. The van der Waals surface area contributed by atoms with Crippen molar-refractivity contribution in [3.05, 3.63) is 0 Å². The number of carbonyl (C=O) groups is 1. The van der Waals surface area contributed by atoms with Crippen molar-refractivity contribution in [1.29, 1.82) is 0 Å². The Labute approximate surface area is 104 Å². The van der Waals surface area contributed by atoms with Gasteiger partial charge in [-0.3, -0.25) is 0 Å². The Kier molecular flexibility index (Phi) is 4.80. The van der Waals surface area contributed by atoms with Crippen molar-refractivity contribution in [2.24, 2.45) is 5.92 Å². The van der Waals surface area contributed by atoms with Crippen LogP contribution in [-0.4, -0.2) is 40.9 Å². The third kappa shape index (κ3) is 4.54. The average molecular weight is 243 g/mol. The second kappa shape index (κ2) is 5.71. The molecule has 0 saturated carbocycles. The van der Waals surface area contributed by atoms with Crippen LogP contribution in [0.4, 0.5) is 4.79 Å². The maximum atomic E-state index is 11.8. The van der Waals surface area contributed by atoms with Gasteiger partial charge in [-0.1, -0.05) is 13.3 Å². The zero-order chi connectivity index (χ0) is 13.1. The van der Waals surface area contributed by atoms with E-state index >= 15 is 0 Å². The molecule has 1 aliphatic rings. The van der Waals surface area contributed by atoms with Gasteiger partial charge in [-0.15, -0.1) is 0 Å². The monoisotopic (exact) mass is 243 g/mol. The second-order valence-electron chi connectivity index (χ2n) is 5.83. The molecule has 0 aromatic heterocycles. The summed E-state index contributed by atoms with van der Waals surface area (Å²) in [5.74, 6) is 0.211. The molecule has 17 heavy (non-hydrogen) atoms. The van der Waals surface area contributed by atoms with Crippen LogP contribution in [-0.2, 0) is 4.74 Å². The van der Waals surface area contributed by atoms with E-state index < -0.39 is 5.60 Å². The smallest absolute Gasteiger partial charge is 0.410 e. The third-order valence-corrected chi connectivity index (χ3v) is 3.00. The zero-order valence-corrected chi connectivity index (χ0v) is 11.4. The van der Waals surface area contributed by atoms with Gasteiger partial charge in [0.2, 0.25) is 0 Å². The molecule has 0 aromatic carbocycles. The van der Waals surface area contributed by atoms with Gasteiger partial charge in [0.1, 0.15) is 5.60 Å². The van der Waals surface area contributed by atoms with Gasteiger partial charge in [0.15, 0.2) is 0 Å². The Morgan fingerprint density at radius 3 is 2.71 bits per heavy atom. The van der Waals surface area contributed by atoms with Crippen LogP contribution in [0.1, 0.15) is 47.0 Å². The van der Waals surface area contributed by atoms with Crippen LogP contribution >= 0.6 is 0 Å². The van der Waals surface area contributed by atoms with E-state index in [-0.39, 0.29) is 18.1 Å². The van der Waals surface area contributed by atoms with Crippen LogP contribution in [0, 0.1) is 5.92 Å². The molecule has 100 valence electrons. The summed E-state index contributed by atoms with van der Waals surface area (Å²) in [5.41, 5.74) is -0.447. The van der Waals surface area contributed by atoms with E-state index in [1.165, 1.54) is 0 Å². The van der Waals surface area contributed by atoms with Gasteiger partial charge in [0.25, 0.3) is 0 Å². The van der Waals surface area contributed by atoms with Crippen LogP contribution in [0.5, 0.6) is 0 Å². The number of hydrogen-bond acceptors (Lipinski definition) is 3. The summed E-state index contributed by atoms with van der Waals surface area (Å²) in [6.45, 7) is 8.97. The van der Waals surface area contributed by atoms with E-state index in [1.807, 2.05) is 20.8 Å². The van der Waals surface area contributed by atoms with Crippen LogP contribution in [0.25, 0.3) is 0 Å². The number of aliphatic hydroxyl groups excluding tert-OH is 1. The predicted molar refractivity (Wildman–Crippen MR) is 66.8 cm³/mol. The summed E-state index contributed by atoms with van der Waals surface area (Å²) in [6.07, 6.45) is 2.12. The highest BCUT2D eigenvalue weighted by Gasteiger charge is 2.32. The lowest BCUT2D eigenvalue weighted by atomic mass is 9.98. The Hall–Kier alpha value is -0.770. The van der Waals surface area contributed by atoms with E-state index in [4.69, 9.17) is 4.74 Å². The summed E-state index contributed by atoms with van der Waals surface area (Å²) < 4.78 is 5.32. The van der Waals surface area contributed by atoms with Crippen molar-refractivity contribution in [1.82, 2.24) is 4.90 Å². The van der Waals surface area contributed by atoms with Gasteiger partial charge < -0.3 is 14.7 Å². The van der Waals surface area contributed by atoms with E-state index in [0.717, 1.165) is 19.3 Å². The number of carbonyl (C=O) groups excluding carboxylic acids is 1. The van der Waals surface area contributed by atoms with Gasteiger partial charge in [0.05, 0.1) is 6.10 Å². The van der Waals surface area contributed by atoms with Crippen molar-refractivity contribution in [2.75, 3.05) is 13.1 Å². The Bertz CT molecular complexity index is 260. The molecule has 1 fully saturated rings. The standard InChI is InChI=1S/C13H25NO3/c1-5-6-11(15)10-7-8-14(9-10)12(16)17-13(2,3)4/h10-11,15H,5-9H2,1-4H3/t10-,11-/m0/s1. The van der Waals surface area contributed by atoms with Gasteiger partial charge in [-0.25, -0.2) is 4.79 Å². The van der Waals surface area contributed by atoms with Crippen molar-refractivity contribution >= 4 is 6.09 Å². The fourth-order valence-electron chi connectivity index (χ4n) is 2.13. The SMILES string of the molecule is CCC[C@H](O)[C@H]1CCN(C(=O)OC(C)(C)C)C1. The fraction of sp³-hybridized carbons (Fsp3) is 0.923. The zero-order valence-electron chi connectivity index (χ0n) is 11.4. The molecule has 1 saturated heterocycles. The van der Waals surface area contributed by atoms with Crippen LogP contribution in [0.2, 0.25) is 0 Å². The first-order valence-corrected chi connectivity index (χ1v) is 6.49. The minimum atomic E-state index is -0.447. The number of hydrogen-bond donors (Lipinski definition) is 1. The Morgan fingerprint density at radius 1 is 1.53 bits per heavy atom. The van der Waals surface area contributed by atoms with Crippen molar-refractivity contribution in [3.8, 4) is 0 Å². The van der Waals surface area contributed by atoms with Gasteiger partial charge >= 0.3 is 6.09 Å². The number of aliphatic hydroxyl groups is 1. The maximum Gasteiger partial charge on any atom is 0.410 e. The molecule has 0 aliphatic carbocycles. The Balaban J connectivity index is 2.42. The molecule has 0 aromatic rings. The molecule has 0 radical (unpaired) electrons. The predicted octanol–water partition coefficient (Wildman–Crippen LogP) is 2.40. The van der Waals surface area contributed by atoms with Crippen molar-refractivity contribution in [2.45, 2.75) is 58.7 Å². The first-order valence-electron chi connectivity index (χ1n) is 6.49. The highest BCUT2D eigenvalue weighted by atomic mass is 16.6. The average Bonchev–Trinajstić information content (AvgIpc) is 2.63. The number of ether oxygens (including phenoxy) is 1. The molecular weight excluding hydrogens is 218 g/mol. The van der Waals surface area contributed by atoms with E-state index in [0.29, 0.717) is 13.1 Å².